The molecule has 0 bridgehead atoms. The predicted octanol–water partition coefficient (Wildman–Crippen LogP) is -0.591. The Labute approximate surface area is 94.7 Å². The fourth-order valence-corrected chi connectivity index (χ4v) is 1.48. The third-order valence-corrected chi connectivity index (χ3v) is 3.03. The Morgan fingerprint density at radius 1 is 1.69 bits per heavy atom. The van der Waals surface area contributed by atoms with Gasteiger partial charge in [-0.2, -0.15) is 0 Å². The molecule has 0 heterocycles. The molecule has 0 aromatic rings. The molecular formula is C6H10NNaO4S. The van der Waals surface area contributed by atoms with Crippen molar-refractivity contribution in [2.24, 2.45) is 0 Å². The molecule has 1 unspecified atom stereocenters. The number of hydrogen-bond donors (Lipinski definition) is 2. The third kappa shape index (κ3) is 4.78. The van der Waals surface area contributed by atoms with Crippen LogP contribution in [0.3, 0.4) is 0 Å². The van der Waals surface area contributed by atoms with E-state index in [4.69, 9.17) is 4.55 Å². The van der Waals surface area contributed by atoms with Crippen molar-refractivity contribution in [3.05, 3.63) is 9.40 Å². The van der Waals surface area contributed by atoms with Crippen molar-refractivity contribution in [2.45, 2.75) is 18.7 Å². The van der Waals surface area contributed by atoms with Crippen LogP contribution in [0.2, 0.25) is 0 Å². The van der Waals surface area contributed by atoms with Gasteiger partial charge in [-0.1, -0.05) is 0 Å². The van der Waals surface area contributed by atoms with Gasteiger partial charge in [0, 0.05) is 0 Å². The van der Waals surface area contributed by atoms with Crippen LogP contribution in [0.15, 0.2) is 9.40 Å². The van der Waals surface area contributed by atoms with Crippen LogP contribution >= 0.6 is 0 Å². The fourth-order valence-electron chi connectivity index (χ4n) is 0.657. The van der Waals surface area contributed by atoms with Gasteiger partial charge >= 0.3 is 95.2 Å². The Morgan fingerprint density at radius 3 is 2.38 bits per heavy atom. The molecule has 7 heteroatoms. The summed E-state index contributed by atoms with van der Waals surface area (Å²) in [5.41, 5.74) is 0. The van der Waals surface area contributed by atoms with Crippen LogP contribution in [0.4, 0.5) is 0 Å². The van der Waals surface area contributed by atoms with E-state index in [1.54, 1.807) is 6.92 Å². The topological polar surface area (TPSA) is 83.5 Å². The molecule has 13 heavy (non-hydrogen) atoms. The molecular weight excluding hydrogens is 205 g/mol. The quantitative estimate of drug-likeness (QED) is 0.373. The molecule has 0 aliphatic heterocycles. The van der Waals surface area contributed by atoms with E-state index in [0.29, 0.717) is 30.8 Å². The minimum atomic E-state index is -4.20. The second-order valence-corrected chi connectivity index (χ2v) is 5.47. The van der Waals surface area contributed by atoms with Gasteiger partial charge in [0.2, 0.25) is 0 Å². The van der Waals surface area contributed by atoms with Crippen LogP contribution in [-0.2, 0) is 14.9 Å². The zero-order valence-corrected chi connectivity index (χ0v) is 10.4. The maximum atomic E-state index is 11.0. The molecule has 0 saturated carbocycles. The molecule has 0 aliphatic carbocycles. The number of carbonyl (C=O) groups excluding carboxylic acids is 1. The van der Waals surface area contributed by atoms with Gasteiger partial charge in [-0.05, 0) is 0 Å². The Morgan fingerprint density at radius 2 is 2.15 bits per heavy atom. The molecule has 2 N–H and O–H groups in total. The molecule has 0 saturated heterocycles. The van der Waals surface area contributed by atoms with Gasteiger partial charge < -0.3 is 0 Å². The number of hydrogen-bond acceptors (Lipinski definition) is 3. The zero-order chi connectivity index (χ0) is 10.6. The molecule has 70 valence electrons. The van der Waals surface area contributed by atoms with Crippen molar-refractivity contribution >= 4 is 44.0 Å². The summed E-state index contributed by atoms with van der Waals surface area (Å²) in [6.07, 6.45) is 0.124. The molecule has 0 aliphatic rings. The summed E-state index contributed by atoms with van der Waals surface area (Å²) in [6, 6.07) is 0. The monoisotopic (exact) mass is 215 g/mol. The van der Waals surface area contributed by atoms with Crippen molar-refractivity contribution in [3.8, 4) is 0 Å². The SMILES string of the molecule is C=[C]([Na])C(=O)NC(CC)S(=O)(=O)O. The Bertz CT molecular complexity index is 311. The Kier molecular flexibility index (Phi) is 5.16. The van der Waals surface area contributed by atoms with E-state index in [0.717, 1.165) is 0 Å². The summed E-state index contributed by atoms with van der Waals surface area (Å²) in [7, 11) is -4.20. The summed E-state index contributed by atoms with van der Waals surface area (Å²) < 4.78 is 30.3. The normalized spacial score (nSPS) is 13.5. The fraction of sp³-hybridized carbons (Fsp3) is 0.500. The van der Waals surface area contributed by atoms with Gasteiger partial charge in [0.25, 0.3) is 0 Å². The molecule has 0 radical (unpaired) electrons. The van der Waals surface area contributed by atoms with Crippen molar-refractivity contribution in [1.82, 2.24) is 5.32 Å². The first-order valence-electron chi connectivity index (χ1n) is 3.71. The van der Waals surface area contributed by atoms with Crippen molar-refractivity contribution in [3.63, 3.8) is 0 Å². The van der Waals surface area contributed by atoms with E-state index in [-0.39, 0.29) is 6.42 Å². The van der Waals surface area contributed by atoms with Crippen molar-refractivity contribution in [1.29, 1.82) is 0 Å². The second-order valence-electron chi connectivity index (χ2n) is 2.67. The summed E-state index contributed by atoms with van der Waals surface area (Å²) in [5.74, 6) is -0.517. The van der Waals surface area contributed by atoms with Gasteiger partial charge in [-0.25, -0.2) is 0 Å². The average molecular weight is 215 g/mol. The first-order chi connectivity index (χ1) is 5.79. The molecule has 0 fully saturated rings. The number of amides is 1. The maximum absolute atomic E-state index is 11.0. The van der Waals surface area contributed by atoms with Gasteiger partial charge in [0.05, 0.1) is 0 Å². The third-order valence-electron chi connectivity index (χ3n) is 1.41. The standard InChI is InChI=1S/C6H10NO4S.Na/c1-3-5(8)7-6(4-2)12(9,10)11;/h6H,1,4H2,2H3,(H,7,8)(H,9,10,11);. The van der Waals surface area contributed by atoms with E-state index in [9.17, 15) is 13.2 Å². The molecule has 5 nitrogen and oxygen atoms in total. The molecule has 0 aromatic carbocycles. The van der Waals surface area contributed by atoms with Gasteiger partial charge in [-0.15, -0.1) is 0 Å². The van der Waals surface area contributed by atoms with Crippen LogP contribution < -0.4 is 5.32 Å². The predicted molar refractivity (Wildman–Crippen MR) is 48.7 cm³/mol. The number of carbonyl (C=O) groups is 1. The molecule has 0 spiro atoms. The van der Waals surface area contributed by atoms with E-state index in [2.05, 4.69) is 11.9 Å². The van der Waals surface area contributed by atoms with E-state index >= 15 is 0 Å². The molecule has 1 amide bonds. The van der Waals surface area contributed by atoms with Gasteiger partial charge in [0.15, 0.2) is 0 Å². The first kappa shape index (κ1) is 13.1. The summed E-state index contributed by atoms with van der Waals surface area (Å²) in [6.45, 7) is 4.95. The zero-order valence-electron chi connectivity index (χ0n) is 7.57. The minimum absolute atomic E-state index is 0.124. The van der Waals surface area contributed by atoms with Crippen LogP contribution in [0.1, 0.15) is 13.3 Å². The van der Waals surface area contributed by atoms with E-state index < -0.39 is 21.4 Å². The summed E-state index contributed by atoms with van der Waals surface area (Å²) in [5, 5.41) is 0.934. The first-order valence-corrected chi connectivity index (χ1v) is 6.22. The second kappa shape index (κ2) is 5.11. The molecule has 1 atom stereocenters. The van der Waals surface area contributed by atoms with Crippen molar-refractivity contribution in [2.75, 3.05) is 0 Å². The molecule has 0 aromatic heterocycles. The summed E-state index contributed by atoms with van der Waals surface area (Å²) in [4.78, 5) is 11.0. The Balaban J connectivity index is 4.49. The number of nitrogens with one attached hydrogen (secondary N) is 1. The number of rotatable bonds is 4. The van der Waals surface area contributed by atoms with Gasteiger partial charge in [0.1, 0.15) is 0 Å². The van der Waals surface area contributed by atoms with E-state index in [1.165, 1.54) is 0 Å². The van der Waals surface area contributed by atoms with Gasteiger partial charge in [-0.3, -0.25) is 0 Å². The molecule has 0 rings (SSSR count). The van der Waals surface area contributed by atoms with Crippen molar-refractivity contribution < 1.29 is 17.8 Å². The van der Waals surface area contributed by atoms with Crippen LogP contribution in [-0.4, -0.2) is 52.2 Å². The van der Waals surface area contributed by atoms with E-state index in [1.807, 2.05) is 0 Å². The Hall–Kier alpha value is 0.120. The van der Waals surface area contributed by atoms with Crippen LogP contribution in [0.5, 0.6) is 0 Å². The van der Waals surface area contributed by atoms with Crippen LogP contribution in [0, 0.1) is 0 Å². The average Bonchev–Trinajstić information content (AvgIpc) is 1.96. The van der Waals surface area contributed by atoms with Crippen LogP contribution in [0.25, 0.3) is 0 Å². The summed E-state index contributed by atoms with van der Waals surface area (Å²) >= 11 is 0.465.